The van der Waals surface area contributed by atoms with Crippen molar-refractivity contribution in [3.8, 4) is 0 Å². The van der Waals surface area contributed by atoms with Crippen molar-refractivity contribution in [2.24, 2.45) is 23.7 Å². The third kappa shape index (κ3) is 2.42. The van der Waals surface area contributed by atoms with Gasteiger partial charge in [0.1, 0.15) is 12.9 Å². The molecule has 0 heterocycles. The zero-order chi connectivity index (χ0) is 13.2. The van der Waals surface area contributed by atoms with Gasteiger partial charge in [-0.1, -0.05) is 30.3 Å². The Morgan fingerprint density at radius 2 is 1.95 bits per heavy atom. The maximum atomic E-state index is 12.1. The Hall–Kier alpha value is -1.64. The van der Waals surface area contributed by atoms with Crippen LogP contribution in [0, 0.1) is 23.7 Å². The van der Waals surface area contributed by atoms with Crippen LogP contribution in [0.5, 0.6) is 0 Å². The number of hydrogen-bond acceptors (Lipinski definition) is 3. The highest BCUT2D eigenvalue weighted by Gasteiger charge is 2.48. The fraction of sp³-hybridized carbons (Fsp3) is 0.500. The molecule has 2 fully saturated rings. The number of esters is 1. The van der Waals surface area contributed by atoms with Gasteiger partial charge >= 0.3 is 5.97 Å². The van der Waals surface area contributed by atoms with Crippen LogP contribution in [0.1, 0.15) is 24.8 Å². The van der Waals surface area contributed by atoms with Gasteiger partial charge in [-0.2, -0.15) is 0 Å². The molecule has 0 aliphatic heterocycles. The van der Waals surface area contributed by atoms with E-state index in [1.54, 1.807) is 0 Å². The Labute approximate surface area is 113 Å². The molecule has 3 rings (SSSR count). The van der Waals surface area contributed by atoms with Gasteiger partial charge in [-0.3, -0.25) is 4.79 Å². The molecule has 100 valence electrons. The maximum absolute atomic E-state index is 12.1. The summed E-state index contributed by atoms with van der Waals surface area (Å²) < 4.78 is 5.41. The van der Waals surface area contributed by atoms with E-state index >= 15 is 0 Å². The van der Waals surface area contributed by atoms with Crippen molar-refractivity contribution in [1.82, 2.24) is 0 Å². The average molecular weight is 258 g/mol. The number of carbonyl (C=O) groups is 2. The molecule has 2 bridgehead atoms. The Balaban J connectivity index is 1.54. The lowest BCUT2D eigenvalue weighted by molar-refractivity contribution is -0.152. The average Bonchev–Trinajstić information content (AvgIpc) is 3.05. The number of ether oxygens (including phenoxy) is 1. The molecule has 3 heteroatoms. The Bertz CT molecular complexity index is 468. The van der Waals surface area contributed by atoms with E-state index in [0.717, 1.165) is 31.1 Å². The summed E-state index contributed by atoms with van der Waals surface area (Å²) in [4.78, 5) is 23.0. The first-order valence-electron chi connectivity index (χ1n) is 6.94. The fourth-order valence-electron chi connectivity index (χ4n) is 3.61. The maximum Gasteiger partial charge on any atom is 0.309 e. The summed E-state index contributed by atoms with van der Waals surface area (Å²) in [5, 5.41) is 0. The van der Waals surface area contributed by atoms with E-state index in [1.165, 1.54) is 0 Å². The number of aldehydes is 1. The van der Waals surface area contributed by atoms with Gasteiger partial charge in [-0.25, -0.2) is 0 Å². The van der Waals surface area contributed by atoms with Gasteiger partial charge in [-0.05, 0) is 36.7 Å². The third-order valence-corrected chi connectivity index (χ3v) is 4.61. The van der Waals surface area contributed by atoms with Crippen molar-refractivity contribution in [2.45, 2.75) is 25.9 Å². The topological polar surface area (TPSA) is 43.4 Å². The molecule has 0 saturated heterocycles. The minimum absolute atomic E-state index is 0.0184. The Kier molecular flexibility index (Phi) is 3.36. The summed E-state index contributed by atoms with van der Waals surface area (Å²) in [5.74, 6) is 0.897. The summed E-state index contributed by atoms with van der Waals surface area (Å²) in [5.41, 5.74) is 1.02. The number of carbonyl (C=O) groups excluding carboxylic acids is 2. The quantitative estimate of drug-likeness (QED) is 0.616. The van der Waals surface area contributed by atoms with Crippen LogP contribution in [-0.4, -0.2) is 12.3 Å². The Morgan fingerprint density at radius 1 is 1.16 bits per heavy atom. The van der Waals surface area contributed by atoms with Gasteiger partial charge in [0.15, 0.2) is 0 Å². The zero-order valence-electron chi connectivity index (χ0n) is 10.8. The molecule has 0 aromatic heterocycles. The van der Waals surface area contributed by atoms with Crippen LogP contribution >= 0.6 is 0 Å². The van der Waals surface area contributed by atoms with Gasteiger partial charge in [0.05, 0.1) is 5.92 Å². The molecule has 0 amide bonds. The molecule has 2 aliphatic rings. The van der Waals surface area contributed by atoms with Crippen molar-refractivity contribution in [3.63, 3.8) is 0 Å². The summed E-state index contributed by atoms with van der Waals surface area (Å²) in [6.45, 7) is 0.352. The van der Waals surface area contributed by atoms with E-state index < -0.39 is 0 Å². The van der Waals surface area contributed by atoms with Crippen LogP contribution in [0.15, 0.2) is 30.3 Å². The highest BCUT2D eigenvalue weighted by molar-refractivity contribution is 5.74. The van der Waals surface area contributed by atoms with Gasteiger partial charge in [-0.15, -0.1) is 0 Å². The summed E-state index contributed by atoms with van der Waals surface area (Å²) >= 11 is 0. The Morgan fingerprint density at radius 3 is 2.58 bits per heavy atom. The van der Waals surface area contributed by atoms with Gasteiger partial charge < -0.3 is 9.53 Å². The van der Waals surface area contributed by atoms with Gasteiger partial charge in [0, 0.05) is 5.92 Å². The van der Waals surface area contributed by atoms with E-state index in [0.29, 0.717) is 18.4 Å². The smallest absolute Gasteiger partial charge is 0.309 e. The molecule has 3 nitrogen and oxygen atoms in total. The second-order valence-electron chi connectivity index (χ2n) is 5.73. The number of rotatable bonds is 4. The molecule has 0 spiro atoms. The minimum Gasteiger partial charge on any atom is -0.461 e. The zero-order valence-corrected chi connectivity index (χ0v) is 10.8. The second kappa shape index (κ2) is 5.16. The molecule has 2 saturated carbocycles. The SMILES string of the molecule is O=CC1CC2CC1CC2C(=O)OCc1ccccc1. The normalized spacial score (nSPS) is 32.2. The number of benzene rings is 1. The molecule has 0 radical (unpaired) electrons. The van der Waals surface area contributed by atoms with Gasteiger partial charge in [0.2, 0.25) is 0 Å². The lowest BCUT2D eigenvalue weighted by Crippen LogP contribution is -2.26. The summed E-state index contributed by atoms with van der Waals surface area (Å²) in [7, 11) is 0. The molecule has 19 heavy (non-hydrogen) atoms. The lowest BCUT2D eigenvalue weighted by atomic mass is 9.83. The molecule has 4 atom stereocenters. The van der Waals surface area contributed by atoms with Crippen molar-refractivity contribution >= 4 is 12.3 Å². The molecular formula is C16H18O3. The molecule has 1 aromatic carbocycles. The number of fused-ring (bicyclic) bond motifs is 2. The monoisotopic (exact) mass is 258 g/mol. The van der Waals surface area contributed by atoms with Crippen molar-refractivity contribution < 1.29 is 14.3 Å². The minimum atomic E-state index is -0.0827. The van der Waals surface area contributed by atoms with E-state index in [-0.39, 0.29) is 17.8 Å². The molecular weight excluding hydrogens is 240 g/mol. The predicted molar refractivity (Wildman–Crippen MR) is 70.1 cm³/mol. The lowest BCUT2D eigenvalue weighted by Gasteiger charge is -2.23. The molecule has 0 N–H and O–H groups in total. The van der Waals surface area contributed by atoms with E-state index in [2.05, 4.69) is 0 Å². The largest absolute Gasteiger partial charge is 0.461 e. The first-order chi connectivity index (χ1) is 9.28. The van der Waals surface area contributed by atoms with Crippen molar-refractivity contribution in [1.29, 1.82) is 0 Å². The number of hydrogen-bond donors (Lipinski definition) is 0. The standard InChI is InChI=1S/C16H18O3/c17-9-14-7-13-6-12(14)8-15(13)16(18)19-10-11-4-2-1-3-5-11/h1-5,9,12-15H,6-8,10H2. The van der Waals surface area contributed by atoms with E-state index in [9.17, 15) is 9.59 Å². The first-order valence-corrected chi connectivity index (χ1v) is 6.94. The second-order valence-corrected chi connectivity index (χ2v) is 5.73. The first kappa shape index (κ1) is 12.4. The van der Waals surface area contributed by atoms with Crippen LogP contribution in [0.3, 0.4) is 0 Å². The van der Waals surface area contributed by atoms with Gasteiger partial charge in [0.25, 0.3) is 0 Å². The highest BCUT2D eigenvalue weighted by atomic mass is 16.5. The van der Waals surface area contributed by atoms with Crippen molar-refractivity contribution in [3.05, 3.63) is 35.9 Å². The predicted octanol–water partition coefficient (Wildman–Crippen LogP) is 2.59. The summed E-state index contributed by atoms with van der Waals surface area (Å²) in [6.07, 6.45) is 3.80. The highest BCUT2D eigenvalue weighted by Crippen LogP contribution is 2.51. The van der Waals surface area contributed by atoms with Crippen LogP contribution in [-0.2, 0) is 20.9 Å². The van der Waals surface area contributed by atoms with Crippen LogP contribution in [0.4, 0.5) is 0 Å². The molecule has 4 unspecified atom stereocenters. The summed E-state index contributed by atoms with van der Waals surface area (Å²) in [6, 6.07) is 9.73. The fourth-order valence-corrected chi connectivity index (χ4v) is 3.61. The molecule has 2 aliphatic carbocycles. The third-order valence-electron chi connectivity index (χ3n) is 4.61. The molecule has 1 aromatic rings. The van der Waals surface area contributed by atoms with Crippen LogP contribution < -0.4 is 0 Å². The van der Waals surface area contributed by atoms with Crippen molar-refractivity contribution in [2.75, 3.05) is 0 Å². The van der Waals surface area contributed by atoms with Crippen LogP contribution in [0.2, 0.25) is 0 Å². The van der Waals surface area contributed by atoms with Crippen LogP contribution in [0.25, 0.3) is 0 Å². The van der Waals surface area contributed by atoms with E-state index in [4.69, 9.17) is 4.74 Å². The van der Waals surface area contributed by atoms with E-state index in [1.807, 2.05) is 30.3 Å².